The summed E-state index contributed by atoms with van der Waals surface area (Å²) in [6.45, 7) is 1.72. The minimum absolute atomic E-state index is 0.0639. The molecule has 2 N–H and O–H groups in total. The zero-order valence-electron chi connectivity index (χ0n) is 18.0. The van der Waals surface area contributed by atoms with Gasteiger partial charge < -0.3 is 15.5 Å². The van der Waals surface area contributed by atoms with E-state index >= 15 is 0 Å². The van der Waals surface area contributed by atoms with Crippen LogP contribution in [0.15, 0.2) is 66.7 Å². The van der Waals surface area contributed by atoms with Crippen molar-refractivity contribution in [3.63, 3.8) is 0 Å². The predicted molar refractivity (Wildman–Crippen MR) is 124 cm³/mol. The number of fused-ring (bicyclic) bond motifs is 1. The van der Waals surface area contributed by atoms with Crippen molar-refractivity contribution < 1.29 is 14.4 Å². The van der Waals surface area contributed by atoms with Gasteiger partial charge in [-0.05, 0) is 33.9 Å². The number of carbonyl (C=O) groups is 3. The second-order valence-corrected chi connectivity index (χ2v) is 8.11. The van der Waals surface area contributed by atoms with Crippen LogP contribution < -0.4 is 10.6 Å². The summed E-state index contributed by atoms with van der Waals surface area (Å²) in [4.78, 5) is 38.2. The van der Waals surface area contributed by atoms with Gasteiger partial charge in [-0.3, -0.25) is 14.4 Å². The lowest BCUT2D eigenvalue weighted by Crippen LogP contribution is -2.37. The molecule has 6 nitrogen and oxygen atoms in total. The molecule has 1 saturated heterocycles. The second kappa shape index (κ2) is 10.1. The van der Waals surface area contributed by atoms with Gasteiger partial charge in [-0.15, -0.1) is 0 Å². The maximum absolute atomic E-state index is 12.3. The SMILES string of the molecule is O=C(CNC(=O)Cc1cccc2ccccc12)NCc1cccc(CN2CCCC2=O)c1. The van der Waals surface area contributed by atoms with E-state index in [0.717, 1.165) is 40.4 Å². The van der Waals surface area contributed by atoms with Crippen LogP contribution in [-0.4, -0.2) is 35.7 Å². The molecule has 0 unspecified atom stereocenters. The number of rotatable bonds is 8. The molecular formula is C26H27N3O3. The van der Waals surface area contributed by atoms with Crippen LogP contribution in [0.4, 0.5) is 0 Å². The van der Waals surface area contributed by atoms with Crippen molar-refractivity contribution in [2.45, 2.75) is 32.4 Å². The topological polar surface area (TPSA) is 78.5 Å². The Balaban J connectivity index is 1.24. The molecule has 1 fully saturated rings. The first kappa shape index (κ1) is 21.6. The van der Waals surface area contributed by atoms with Gasteiger partial charge in [0.1, 0.15) is 0 Å². The number of benzene rings is 3. The van der Waals surface area contributed by atoms with Crippen molar-refractivity contribution in [3.8, 4) is 0 Å². The molecule has 1 heterocycles. The van der Waals surface area contributed by atoms with Gasteiger partial charge in [0.2, 0.25) is 17.7 Å². The zero-order chi connectivity index (χ0) is 22.3. The van der Waals surface area contributed by atoms with Gasteiger partial charge in [0.25, 0.3) is 0 Å². The average Bonchev–Trinajstić information content (AvgIpc) is 3.21. The van der Waals surface area contributed by atoms with Crippen molar-refractivity contribution in [1.82, 2.24) is 15.5 Å². The fraction of sp³-hybridized carbons (Fsp3) is 0.269. The first-order valence-corrected chi connectivity index (χ1v) is 10.9. The highest BCUT2D eigenvalue weighted by atomic mass is 16.2. The molecule has 4 rings (SSSR count). The van der Waals surface area contributed by atoms with Crippen LogP contribution in [0, 0.1) is 0 Å². The quantitative estimate of drug-likeness (QED) is 0.578. The van der Waals surface area contributed by atoms with E-state index in [4.69, 9.17) is 0 Å². The number of amides is 3. The van der Waals surface area contributed by atoms with Crippen LogP contribution >= 0.6 is 0 Å². The third-order valence-corrected chi connectivity index (χ3v) is 5.70. The van der Waals surface area contributed by atoms with Gasteiger partial charge in [0, 0.05) is 26.1 Å². The molecular weight excluding hydrogens is 402 g/mol. The molecule has 32 heavy (non-hydrogen) atoms. The normalized spacial score (nSPS) is 13.4. The maximum Gasteiger partial charge on any atom is 0.239 e. The fourth-order valence-electron chi connectivity index (χ4n) is 4.05. The van der Waals surface area contributed by atoms with Crippen molar-refractivity contribution in [3.05, 3.63) is 83.4 Å². The van der Waals surface area contributed by atoms with E-state index in [-0.39, 0.29) is 30.7 Å². The Kier molecular flexibility index (Phi) is 6.80. The third kappa shape index (κ3) is 5.52. The van der Waals surface area contributed by atoms with E-state index in [9.17, 15) is 14.4 Å². The summed E-state index contributed by atoms with van der Waals surface area (Å²) in [5.74, 6) is -0.229. The van der Waals surface area contributed by atoms with Gasteiger partial charge in [-0.2, -0.15) is 0 Å². The number of carbonyl (C=O) groups excluding carboxylic acids is 3. The minimum atomic E-state index is -0.239. The van der Waals surface area contributed by atoms with E-state index < -0.39 is 0 Å². The molecule has 0 aromatic heterocycles. The summed E-state index contributed by atoms with van der Waals surface area (Å²) in [5, 5.41) is 7.68. The highest BCUT2D eigenvalue weighted by Crippen LogP contribution is 2.19. The standard InChI is InChI=1S/C26H27N3O3/c30-24(15-22-10-4-9-21-8-1-2-11-23(21)22)28-17-25(31)27-16-19-6-3-7-20(14-19)18-29-13-5-12-26(29)32/h1-4,6-11,14H,5,12-13,15-18H2,(H,27,31)(H,28,30). The molecule has 1 aliphatic heterocycles. The average molecular weight is 430 g/mol. The summed E-state index contributed by atoms with van der Waals surface area (Å²) < 4.78 is 0. The Hall–Kier alpha value is -3.67. The van der Waals surface area contributed by atoms with E-state index in [0.29, 0.717) is 19.5 Å². The molecule has 1 aliphatic rings. The third-order valence-electron chi connectivity index (χ3n) is 5.70. The van der Waals surface area contributed by atoms with Crippen LogP contribution in [0.2, 0.25) is 0 Å². The van der Waals surface area contributed by atoms with Crippen LogP contribution in [0.3, 0.4) is 0 Å². The van der Waals surface area contributed by atoms with Crippen LogP contribution in [0.5, 0.6) is 0 Å². The van der Waals surface area contributed by atoms with Crippen molar-refractivity contribution in [2.24, 2.45) is 0 Å². The largest absolute Gasteiger partial charge is 0.350 e. The van der Waals surface area contributed by atoms with E-state index in [1.54, 1.807) is 0 Å². The van der Waals surface area contributed by atoms with E-state index in [2.05, 4.69) is 10.6 Å². The summed E-state index contributed by atoms with van der Waals surface area (Å²) in [5.41, 5.74) is 2.95. The first-order chi connectivity index (χ1) is 15.6. The fourth-order valence-corrected chi connectivity index (χ4v) is 4.05. The summed E-state index contributed by atoms with van der Waals surface area (Å²) in [6, 6.07) is 21.7. The Bertz CT molecular complexity index is 1140. The number of hydrogen-bond donors (Lipinski definition) is 2. The van der Waals surface area contributed by atoms with Crippen LogP contribution in [0.25, 0.3) is 10.8 Å². The van der Waals surface area contributed by atoms with Gasteiger partial charge in [-0.1, -0.05) is 66.7 Å². The van der Waals surface area contributed by atoms with E-state index in [1.807, 2.05) is 71.6 Å². The highest BCUT2D eigenvalue weighted by Gasteiger charge is 2.20. The van der Waals surface area contributed by atoms with Crippen molar-refractivity contribution >= 4 is 28.5 Å². The summed E-state index contributed by atoms with van der Waals surface area (Å²) >= 11 is 0. The molecule has 6 heteroatoms. The lowest BCUT2D eigenvalue weighted by atomic mass is 10.0. The lowest BCUT2D eigenvalue weighted by Gasteiger charge is -2.16. The number of hydrogen-bond acceptors (Lipinski definition) is 3. The van der Waals surface area contributed by atoms with Gasteiger partial charge in [0.05, 0.1) is 13.0 Å². The molecule has 3 amide bonds. The molecule has 0 aliphatic carbocycles. The monoisotopic (exact) mass is 429 g/mol. The summed E-state index contributed by atoms with van der Waals surface area (Å²) in [7, 11) is 0. The van der Waals surface area contributed by atoms with Crippen molar-refractivity contribution in [2.75, 3.05) is 13.1 Å². The number of likely N-dealkylation sites (tertiary alicyclic amines) is 1. The number of nitrogens with one attached hydrogen (secondary N) is 2. The van der Waals surface area contributed by atoms with Gasteiger partial charge in [-0.25, -0.2) is 0 Å². The Morgan fingerprint density at radius 3 is 2.50 bits per heavy atom. The van der Waals surface area contributed by atoms with Crippen molar-refractivity contribution in [1.29, 1.82) is 0 Å². The Morgan fingerprint density at radius 1 is 0.875 bits per heavy atom. The van der Waals surface area contributed by atoms with Crippen LogP contribution in [-0.2, 0) is 33.9 Å². The molecule has 0 saturated carbocycles. The number of nitrogens with zero attached hydrogens (tertiary/aromatic N) is 1. The molecule has 0 spiro atoms. The molecule has 0 bridgehead atoms. The maximum atomic E-state index is 12.3. The van der Waals surface area contributed by atoms with Crippen LogP contribution in [0.1, 0.15) is 29.5 Å². The highest BCUT2D eigenvalue weighted by molar-refractivity contribution is 5.91. The predicted octanol–water partition coefficient (Wildman–Crippen LogP) is 2.94. The van der Waals surface area contributed by atoms with Gasteiger partial charge in [0.15, 0.2) is 0 Å². The minimum Gasteiger partial charge on any atom is -0.350 e. The molecule has 0 atom stereocenters. The molecule has 164 valence electrons. The van der Waals surface area contributed by atoms with Gasteiger partial charge >= 0.3 is 0 Å². The summed E-state index contributed by atoms with van der Waals surface area (Å²) in [6.07, 6.45) is 1.77. The zero-order valence-corrected chi connectivity index (χ0v) is 18.0. The molecule has 3 aromatic carbocycles. The Labute approximate surface area is 187 Å². The second-order valence-electron chi connectivity index (χ2n) is 8.11. The molecule has 0 radical (unpaired) electrons. The van der Waals surface area contributed by atoms with E-state index in [1.165, 1.54) is 0 Å². The lowest BCUT2D eigenvalue weighted by molar-refractivity contribution is -0.128. The Morgan fingerprint density at radius 2 is 1.66 bits per heavy atom. The first-order valence-electron chi connectivity index (χ1n) is 10.9. The molecule has 3 aromatic rings. The smallest absolute Gasteiger partial charge is 0.239 e.